The summed E-state index contributed by atoms with van der Waals surface area (Å²) < 4.78 is 1.06. The van der Waals surface area contributed by atoms with Gasteiger partial charge in [-0.2, -0.15) is 0 Å². The summed E-state index contributed by atoms with van der Waals surface area (Å²) in [5.41, 5.74) is 0.0302. The summed E-state index contributed by atoms with van der Waals surface area (Å²) in [6.07, 6.45) is 5.30. The SMILES string of the molecule is C=CCN(c1ncncc1I)C(C)(C)C. The minimum absolute atomic E-state index is 0.0302. The minimum Gasteiger partial charge on any atom is -0.347 e. The van der Waals surface area contributed by atoms with Crippen molar-refractivity contribution in [3.8, 4) is 0 Å². The van der Waals surface area contributed by atoms with Gasteiger partial charge in [-0.1, -0.05) is 6.08 Å². The Morgan fingerprint density at radius 1 is 1.53 bits per heavy atom. The number of hydrogen-bond donors (Lipinski definition) is 0. The summed E-state index contributed by atoms with van der Waals surface area (Å²) in [6, 6.07) is 0. The molecule has 0 fully saturated rings. The van der Waals surface area contributed by atoms with Crippen molar-refractivity contribution in [2.24, 2.45) is 0 Å². The van der Waals surface area contributed by atoms with Crippen LogP contribution in [0.2, 0.25) is 0 Å². The lowest BCUT2D eigenvalue weighted by atomic mass is 10.1. The third kappa shape index (κ3) is 3.15. The molecule has 0 radical (unpaired) electrons. The van der Waals surface area contributed by atoms with E-state index in [1.54, 1.807) is 6.33 Å². The Morgan fingerprint density at radius 3 is 2.67 bits per heavy atom. The first kappa shape index (κ1) is 12.4. The molecule has 82 valence electrons. The molecule has 1 rings (SSSR count). The number of halogens is 1. The molecule has 4 heteroatoms. The molecule has 0 unspecified atom stereocenters. The Bertz CT molecular complexity index is 344. The van der Waals surface area contributed by atoms with Crippen LogP contribution < -0.4 is 4.90 Å². The van der Waals surface area contributed by atoms with Crippen LogP contribution in [-0.4, -0.2) is 22.1 Å². The Morgan fingerprint density at radius 2 is 2.20 bits per heavy atom. The van der Waals surface area contributed by atoms with Gasteiger partial charge in [-0.25, -0.2) is 9.97 Å². The van der Waals surface area contributed by atoms with Crippen LogP contribution in [0.1, 0.15) is 20.8 Å². The quantitative estimate of drug-likeness (QED) is 0.634. The lowest BCUT2D eigenvalue weighted by Crippen LogP contribution is -2.42. The molecule has 1 aromatic rings. The van der Waals surface area contributed by atoms with Gasteiger partial charge in [-0.3, -0.25) is 0 Å². The molecule has 1 heterocycles. The van der Waals surface area contributed by atoms with Crippen molar-refractivity contribution < 1.29 is 0 Å². The normalized spacial score (nSPS) is 11.2. The molecular formula is C11H16IN3. The van der Waals surface area contributed by atoms with Crippen molar-refractivity contribution in [1.82, 2.24) is 9.97 Å². The zero-order valence-electron chi connectivity index (χ0n) is 9.37. The fourth-order valence-corrected chi connectivity index (χ4v) is 1.90. The molecule has 0 spiro atoms. The Hall–Kier alpha value is -0.650. The van der Waals surface area contributed by atoms with E-state index < -0.39 is 0 Å². The Labute approximate surface area is 105 Å². The average Bonchev–Trinajstić information content (AvgIpc) is 2.14. The van der Waals surface area contributed by atoms with Crippen molar-refractivity contribution in [2.75, 3.05) is 11.4 Å². The van der Waals surface area contributed by atoms with E-state index in [2.05, 4.69) is 64.8 Å². The van der Waals surface area contributed by atoms with Crippen molar-refractivity contribution in [3.63, 3.8) is 0 Å². The first-order chi connectivity index (χ1) is 6.96. The summed E-state index contributed by atoms with van der Waals surface area (Å²) in [4.78, 5) is 10.5. The number of anilines is 1. The van der Waals surface area contributed by atoms with Gasteiger partial charge in [0.25, 0.3) is 0 Å². The van der Waals surface area contributed by atoms with Gasteiger partial charge in [-0.05, 0) is 43.4 Å². The molecule has 15 heavy (non-hydrogen) atoms. The number of hydrogen-bond acceptors (Lipinski definition) is 3. The van der Waals surface area contributed by atoms with Gasteiger partial charge in [0.05, 0.1) is 3.57 Å². The lowest BCUT2D eigenvalue weighted by Gasteiger charge is -2.36. The summed E-state index contributed by atoms with van der Waals surface area (Å²) in [7, 11) is 0. The molecule has 0 aliphatic heterocycles. The predicted molar refractivity (Wildman–Crippen MR) is 72.0 cm³/mol. The largest absolute Gasteiger partial charge is 0.347 e. The Kier molecular flexibility index (Phi) is 4.07. The standard InChI is InChI=1S/C11H16IN3/c1-5-6-15(11(2,3)4)10-9(12)7-13-8-14-10/h5,7-8H,1,6H2,2-4H3. The number of nitrogens with zero attached hydrogens (tertiary/aromatic N) is 3. The highest BCUT2D eigenvalue weighted by molar-refractivity contribution is 14.1. The van der Waals surface area contributed by atoms with Crippen LogP contribution in [-0.2, 0) is 0 Å². The third-order valence-corrected chi connectivity index (χ3v) is 2.79. The summed E-state index contributed by atoms with van der Waals surface area (Å²) in [5.74, 6) is 0.970. The van der Waals surface area contributed by atoms with Crippen LogP contribution >= 0.6 is 22.6 Å². The van der Waals surface area contributed by atoms with E-state index in [9.17, 15) is 0 Å². The predicted octanol–water partition coefficient (Wildman–Crippen LogP) is 2.87. The maximum Gasteiger partial charge on any atom is 0.146 e. The molecule has 3 nitrogen and oxygen atoms in total. The molecule has 0 aromatic carbocycles. The van der Waals surface area contributed by atoms with Crippen LogP contribution in [0.5, 0.6) is 0 Å². The summed E-state index contributed by atoms with van der Waals surface area (Å²) in [6.45, 7) is 11.1. The molecule has 0 bridgehead atoms. The van der Waals surface area contributed by atoms with Crippen LogP contribution in [0.15, 0.2) is 25.2 Å². The van der Waals surface area contributed by atoms with Gasteiger partial charge in [0.2, 0.25) is 0 Å². The molecule has 0 aliphatic carbocycles. The van der Waals surface area contributed by atoms with Gasteiger partial charge in [0, 0.05) is 18.3 Å². The third-order valence-electron chi connectivity index (χ3n) is 2.03. The maximum atomic E-state index is 4.32. The first-order valence-electron chi connectivity index (χ1n) is 4.81. The van der Waals surface area contributed by atoms with Gasteiger partial charge in [0.1, 0.15) is 12.1 Å². The van der Waals surface area contributed by atoms with Gasteiger partial charge in [0.15, 0.2) is 0 Å². The molecule has 1 aromatic heterocycles. The van der Waals surface area contributed by atoms with Crippen LogP contribution in [0, 0.1) is 3.57 Å². The molecule has 0 saturated heterocycles. The molecule has 0 atom stereocenters. The maximum absolute atomic E-state index is 4.32. The zero-order valence-corrected chi connectivity index (χ0v) is 11.5. The van der Waals surface area contributed by atoms with Crippen molar-refractivity contribution in [2.45, 2.75) is 26.3 Å². The molecule has 0 aliphatic rings. The van der Waals surface area contributed by atoms with E-state index in [-0.39, 0.29) is 5.54 Å². The van der Waals surface area contributed by atoms with Crippen molar-refractivity contribution in [1.29, 1.82) is 0 Å². The van der Waals surface area contributed by atoms with Crippen LogP contribution in [0.4, 0.5) is 5.82 Å². The van der Waals surface area contributed by atoms with Gasteiger partial charge < -0.3 is 4.90 Å². The van der Waals surface area contributed by atoms with E-state index in [0.717, 1.165) is 15.9 Å². The average molecular weight is 317 g/mol. The lowest BCUT2D eigenvalue weighted by molar-refractivity contribution is 0.516. The molecular weight excluding hydrogens is 301 g/mol. The first-order valence-corrected chi connectivity index (χ1v) is 5.88. The number of rotatable bonds is 3. The molecule has 0 amide bonds. The smallest absolute Gasteiger partial charge is 0.146 e. The highest BCUT2D eigenvalue weighted by atomic mass is 127. The van der Waals surface area contributed by atoms with Crippen LogP contribution in [0.25, 0.3) is 0 Å². The minimum atomic E-state index is 0.0302. The van der Waals surface area contributed by atoms with E-state index in [0.29, 0.717) is 0 Å². The molecule has 0 N–H and O–H groups in total. The fourth-order valence-electron chi connectivity index (χ4n) is 1.31. The monoisotopic (exact) mass is 317 g/mol. The second-order valence-electron chi connectivity index (χ2n) is 4.26. The van der Waals surface area contributed by atoms with E-state index in [1.165, 1.54) is 0 Å². The van der Waals surface area contributed by atoms with Crippen molar-refractivity contribution >= 4 is 28.4 Å². The highest BCUT2D eigenvalue weighted by Gasteiger charge is 2.23. The fraction of sp³-hybridized carbons (Fsp3) is 0.455. The topological polar surface area (TPSA) is 29.0 Å². The van der Waals surface area contributed by atoms with E-state index in [1.807, 2.05) is 12.3 Å². The van der Waals surface area contributed by atoms with E-state index in [4.69, 9.17) is 0 Å². The van der Waals surface area contributed by atoms with Gasteiger partial charge in [-0.15, -0.1) is 6.58 Å². The summed E-state index contributed by atoms with van der Waals surface area (Å²) >= 11 is 2.25. The highest BCUT2D eigenvalue weighted by Crippen LogP contribution is 2.25. The second-order valence-corrected chi connectivity index (χ2v) is 5.43. The summed E-state index contributed by atoms with van der Waals surface area (Å²) in [5, 5.41) is 0. The second kappa shape index (κ2) is 4.92. The number of aromatic nitrogens is 2. The van der Waals surface area contributed by atoms with Gasteiger partial charge >= 0.3 is 0 Å². The Balaban J connectivity index is 3.10. The zero-order chi connectivity index (χ0) is 11.5. The van der Waals surface area contributed by atoms with Crippen LogP contribution in [0.3, 0.4) is 0 Å². The van der Waals surface area contributed by atoms with E-state index >= 15 is 0 Å². The molecule has 0 saturated carbocycles. The van der Waals surface area contributed by atoms with Crippen molar-refractivity contribution in [3.05, 3.63) is 28.7 Å².